The van der Waals surface area contributed by atoms with Gasteiger partial charge in [-0.25, -0.2) is 4.79 Å². The molecule has 5 N–H and O–H groups in total. The number of allylic oxidation sites excluding steroid dienone is 1. The number of hydrogen-bond acceptors (Lipinski definition) is 6. The Kier molecular flexibility index (Phi) is 24.8. The molecule has 0 bridgehead atoms. The topological polar surface area (TPSA) is 130 Å². The molecule has 0 aromatic heterocycles. The average Bonchev–Trinajstić information content (AvgIpc) is 2.75. The summed E-state index contributed by atoms with van der Waals surface area (Å²) < 4.78 is 4.77. The van der Waals surface area contributed by atoms with Gasteiger partial charge in [0.25, 0.3) is 0 Å². The number of aliphatic carboxylic acids is 1. The van der Waals surface area contributed by atoms with Crippen molar-refractivity contribution in [3.8, 4) is 0 Å². The highest BCUT2D eigenvalue weighted by molar-refractivity contribution is 5.81. The van der Waals surface area contributed by atoms with Crippen LogP contribution in [0.4, 0.5) is 0 Å². The third-order valence-corrected chi connectivity index (χ3v) is 4.90. The number of carbonyl (C=O) groups excluding carboxylic acids is 1. The number of ether oxygens (including phenoxy) is 1. The SMILES string of the molecule is CC(C)CC(N)C(=O)O.CCCCCCCCCCCCC/C=C/C(=O)OCC(O)CO. The van der Waals surface area contributed by atoms with Crippen LogP contribution in [0, 0.1) is 5.92 Å². The molecule has 32 heavy (non-hydrogen) atoms. The number of unbranched alkanes of at least 4 members (excludes halogenated alkanes) is 11. The summed E-state index contributed by atoms with van der Waals surface area (Å²) in [6.45, 7) is 5.60. The van der Waals surface area contributed by atoms with Crippen LogP contribution >= 0.6 is 0 Å². The first-order valence-electron chi connectivity index (χ1n) is 12.3. The van der Waals surface area contributed by atoms with E-state index in [1.165, 1.54) is 70.3 Å². The fourth-order valence-electron chi connectivity index (χ4n) is 2.99. The molecule has 2 atom stereocenters. The molecule has 0 amide bonds. The Morgan fingerprint density at radius 1 is 0.938 bits per heavy atom. The number of aliphatic hydroxyl groups excluding tert-OH is 2. The van der Waals surface area contributed by atoms with Gasteiger partial charge in [0.1, 0.15) is 18.8 Å². The second-order valence-corrected chi connectivity index (χ2v) is 8.77. The lowest BCUT2D eigenvalue weighted by atomic mass is 10.1. The second-order valence-electron chi connectivity index (χ2n) is 8.77. The molecular weight excluding hydrogens is 410 g/mol. The molecule has 0 saturated heterocycles. The van der Waals surface area contributed by atoms with Crippen LogP contribution in [0.2, 0.25) is 0 Å². The first kappa shape index (κ1) is 32.7. The molecule has 0 aliphatic heterocycles. The Bertz CT molecular complexity index is 467. The highest BCUT2D eigenvalue weighted by Crippen LogP contribution is 2.12. The van der Waals surface area contributed by atoms with Crippen LogP contribution in [0.1, 0.15) is 104 Å². The molecular formula is C25H49NO6. The Morgan fingerprint density at radius 3 is 1.84 bits per heavy atom. The van der Waals surface area contributed by atoms with E-state index in [-0.39, 0.29) is 6.61 Å². The Morgan fingerprint density at radius 2 is 1.44 bits per heavy atom. The molecule has 0 heterocycles. The number of nitrogens with two attached hydrogens (primary N) is 1. The predicted octanol–water partition coefficient (Wildman–Crippen LogP) is 4.58. The first-order chi connectivity index (χ1) is 15.2. The molecule has 0 aliphatic rings. The number of carbonyl (C=O) groups is 2. The highest BCUT2D eigenvalue weighted by Gasteiger charge is 2.12. The minimum absolute atomic E-state index is 0.155. The Balaban J connectivity index is 0. The third-order valence-electron chi connectivity index (χ3n) is 4.90. The van der Waals surface area contributed by atoms with Crippen molar-refractivity contribution in [2.24, 2.45) is 11.7 Å². The summed E-state index contributed by atoms with van der Waals surface area (Å²) in [6, 6.07) is -0.690. The first-order valence-corrected chi connectivity index (χ1v) is 12.3. The maximum atomic E-state index is 11.3. The van der Waals surface area contributed by atoms with Gasteiger partial charge in [-0.2, -0.15) is 0 Å². The summed E-state index contributed by atoms with van der Waals surface area (Å²) >= 11 is 0. The van der Waals surface area contributed by atoms with Crippen LogP contribution in [0.5, 0.6) is 0 Å². The average molecular weight is 460 g/mol. The van der Waals surface area contributed by atoms with Crippen LogP contribution in [0.3, 0.4) is 0 Å². The number of carboxylic acid groups (broad SMARTS) is 1. The zero-order chi connectivity index (χ0) is 24.6. The summed E-state index contributed by atoms with van der Waals surface area (Å²) in [5.41, 5.74) is 5.22. The molecule has 0 aliphatic carbocycles. The summed E-state index contributed by atoms with van der Waals surface area (Å²) in [5, 5.41) is 25.9. The van der Waals surface area contributed by atoms with E-state index in [1.807, 2.05) is 19.9 Å². The normalized spacial score (nSPS) is 13.0. The van der Waals surface area contributed by atoms with E-state index in [9.17, 15) is 9.59 Å². The van der Waals surface area contributed by atoms with Crippen LogP contribution in [-0.2, 0) is 14.3 Å². The lowest BCUT2D eigenvalue weighted by molar-refractivity contribution is -0.141. The molecule has 0 saturated carbocycles. The molecule has 0 aromatic rings. The van der Waals surface area contributed by atoms with Crippen molar-refractivity contribution < 1.29 is 29.6 Å². The van der Waals surface area contributed by atoms with E-state index in [0.29, 0.717) is 12.3 Å². The predicted molar refractivity (Wildman–Crippen MR) is 129 cm³/mol. The monoisotopic (exact) mass is 459 g/mol. The Hall–Kier alpha value is -1.44. The number of hydrogen-bond donors (Lipinski definition) is 4. The van der Waals surface area contributed by atoms with Gasteiger partial charge in [0.15, 0.2) is 0 Å². The van der Waals surface area contributed by atoms with E-state index in [0.717, 1.165) is 12.8 Å². The van der Waals surface area contributed by atoms with E-state index in [2.05, 4.69) is 6.92 Å². The Labute approximate surface area is 195 Å². The van der Waals surface area contributed by atoms with Gasteiger partial charge >= 0.3 is 11.9 Å². The number of aliphatic hydroxyl groups is 2. The number of esters is 1. The van der Waals surface area contributed by atoms with Gasteiger partial charge in [0.2, 0.25) is 0 Å². The largest absolute Gasteiger partial charge is 0.480 e. The molecule has 0 aromatic carbocycles. The maximum absolute atomic E-state index is 11.3. The minimum atomic E-state index is -0.987. The molecule has 0 spiro atoms. The van der Waals surface area contributed by atoms with Crippen molar-refractivity contribution in [3.63, 3.8) is 0 Å². The van der Waals surface area contributed by atoms with Crippen LogP contribution in [0.25, 0.3) is 0 Å². The van der Waals surface area contributed by atoms with E-state index >= 15 is 0 Å². The number of rotatable bonds is 19. The van der Waals surface area contributed by atoms with Crippen molar-refractivity contribution >= 4 is 11.9 Å². The van der Waals surface area contributed by atoms with Crippen LogP contribution in [-0.4, -0.2) is 52.6 Å². The van der Waals surface area contributed by atoms with Crippen LogP contribution in [0.15, 0.2) is 12.2 Å². The molecule has 0 radical (unpaired) electrons. The van der Waals surface area contributed by atoms with Crippen molar-refractivity contribution in [1.82, 2.24) is 0 Å². The minimum Gasteiger partial charge on any atom is -0.480 e. The standard InChI is InChI=1S/C19H36O4.C6H13NO2/c1-2-3-4-5-6-7-8-9-10-11-12-13-14-15-19(22)23-17-18(21)16-20;1-4(2)3-5(7)6(8)9/h14-15,18,20-21H,2-13,16-17H2,1H3;4-5H,3,7H2,1-2H3,(H,8,9)/b15-14+;. The van der Waals surface area contributed by atoms with Crippen molar-refractivity contribution in [2.75, 3.05) is 13.2 Å². The van der Waals surface area contributed by atoms with Gasteiger partial charge in [-0.3, -0.25) is 4.79 Å². The van der Waals surface area contributed by atoms with Crippen molar-refractivity contribution in [3.05, 3.63) is 12.2 Å². The van der Waals surface area contributed by atoms with Gasteiger partial charge in [0, 0.05) is 6.08 Å². The summed E-state index contributed by atoms with van der Waals surface area (Å²) in [6.07, 6.45) is 18.2. The summed E-state index contributed by atoms with van der Waals surface area (Å²) in [4.78, 5) is 21.4. The van der Waals surface area contributed by atoms with Crippen molar-refractivity contribution in [2.45, 2.75) is 116 Å². The van der Waals surface area contributed by atoms with E-state index < -0.39 is 30.7 Å². The summed E-state index contributed by atoms with van der Waals surface area (Å²) in [5.74, 6) is -1.01. The second kappa shape index (κ2) is 24.2. The zero-order valence-electron chi connectivity index (χ0n) is 20.6. The van der Waals surface area contributed by atoms with E-state index in [4.69, 9.17) is 25.8 Å². The lowest BCUT2D eigenvalue weighted by Crippen LogP contribution is -2.31. The smallest absolute Gasteiger partial charge is 0.330 e. The molecule has 0 fully saturated rings. The third kappa shape index (κ3) is 26.6. The molecule has 190 valence electrons. The highest BCUT2D eigenvalue weighted by atomic mass is 16.5. The molecule has 2 unspecified atom stereocenters. The van der Waals surface area contributed by atoms with Gasteiger partial charge in [-0.15, -0.1) is 0 Å². The van der Waals surface area contributed by atoms with Gasteiger partial charge in [-0.05, 0) is 25.2 Å². The van der Waals surface area contributed by atoms with E-state index in [1.54, 1.807) is 0 Å². The molecule has 7 nitrogen and oxygen atoms in total. The van der Waals surface area contributed by atoms with Gasteiger partial charge in [-0.1, -0.05) is 91.1 Å². The van der Waals surface area contributed by atoms with Crippen LogP contribution < -0.4 is 5.73 Å². The fourth-order valence-corrected chi connectivity index (χ4v) is 2.99. The van der Waals surface area contributed by atoms with Crippen molar-refractivity contribution in [1.29, 1.82) is 0 Å². The number of carboxylic acids is 1. The van der Waals surface area contributed by atoms with Gasteiger partial charge in [0.05, 0.1) is 6.61 Å². The quantitative estimate of drug-likeness (QED) is 0.126. The van der Waals surface area contributed by atoms with Gasteiger partial charge < -0.3 is 25.8 Å². The maximum Gasteiger partial charge on any atom is 0.330 e. The molecule has 0 rings (SSSR count). The zero-order valence-corrected chi connectivity index (χ0v) is 20.6. The summed E-state index contributed by atoms with van der Waals surface area (Å²) in [7, 11) is 0. The lowest BCUT2D eigenvalue weighted by Gasteiger charge is -2.07. The fraction of sp³-hybridized carbons (Fsp3) is 0.840. The molecule has 7 heteroatoms.